The van der Waals surface area contributed by atoms with E-state index >= 15 is 0 Å². The molecule has 0 unspecified atom stereocenters. The average Bonchev–Trinajstić information content (AvgIpc) is 3.08. The second kappa shape index (κ2) is 5.93. The zero-order valence-electron chi connectivity index (χ0n) is 13.4. The van der Waals surface area contributed by atoms with Crippen LogP contribution in [0, 0.1) is 5.82 Å². The number of benzene rings is 2. The standard InChI is InChI=1S/C18H14FN3O3S/c19-11-7-5-10(6-8-11)9-22-13-4-2-1-3-12(13)18(25,16(22)24)14-15(23)21-17(20)26-14/h1-8,14,25H,9H2,(H2,20,21,23)/t14-,18-/m1/s1. The first-order valence-electron chi connectivity index (χ1n) is 7.84. The third kappa shape index (κ3) is 2.41. The van der Waals surface area contributed by atoms with E-state index in [1.165, 1.54) is 17.0 Å². The number of fused-ring (bicyclic) bond motifs is 1. The van der Waals surface area contributed by atoms with Crippen molar-refractivity contribution in [1.29, 1.82) is 0 Å². The van der Waals surface area contributed by atoms with E-state index in [-0.39, 0.29) is 17.5 Å². The molecule has 2 atom stereocenters. The summed E-state index contributed by atoms with van der Waals surface area (Å²) in [7, 11) is 0. The van der Waals surface area contributed by atoms with E-state index in [2.05, 4.69) is 4.99 Å². The molecule has 0 radical (unpaired) electrons. The van der Waals surface area contributed by atoms with Crippen molar-refractivity contribution in [2.24, 2.45) is 10.7 Å². The zero-order chi connectivity index (χ0) is 18.5. The number of carbonyl (C=O) groups excluding carboxylic acids is 2. The highest BCUT2D eigenvalue weighted by atomic mass is 32.2. The minimum absolute atomic E-state index is 0.0238. The number of carbonyl (C=O) groups is 2. The van der Waals surface area contributed by atoms with Crippen LogP contribution in [0.5, 0.6) is 0 Å². The lowest BCUT2D eigenvalue weighted by Crippen LogP contribution is -2.49. The summed E-state index contributed by atoms with van der Waals surface area (Å²) in [5.41, 5.74) is 5.08. The van der Waals surface area contributed by atoms with Crippen molar-refractivity contribution >= 4 is 34.4 Å². The van der Waals surface area contributed by atoms with E-state index in [4.69, 9.17) is 5.73 Å². The van der Waals surface area contributed by atoms with Gasteiger partial charge in [0.15, 0.2) is 10.8 Å². The van der Waals surface area contributed by atoms with E-state index < -0.39 is 22.7 Å². The minimum atomic E-state index is -2.05. The molecule has 0 bridgehead atoms. The zero-order valence-corrected chi connectivity index (χ0v) is 14.2. The van der Waals surface area contributed by atoms with Crippen molar-refractivity contribution in [3.8, 4) is 0 Å². The molecule has 2 amide bonds. The molecule has 2 heterocycles. The number of anilines is 1. The molecule has 2 aromatic rings. The van der Waals surface area contributed by atoms with Crippen LogP contribution in [0.1, 0.15) is 11.1 Å². The van der Waals surface area contributed by atoms with Crippen LogP contribution < -0.4 is 10.6 Å². The van der Waals surface area contributed by atoms with Gasteiger partial charge in [-0.25, -0.2) is 4.39 Å². The van der Waals surface area contributed by atoms with Gasteiger partial charge in [-0.15, -0.1) is 0 Å². The average molecular weight is 371 g/mol. The Balaban J connectivity index is 1.75. The van der Waals surface area contributed by atoms with Crippen LogP contribution >= 0.6 is 11.8 Å². The second-order valence-electron chi connectivity index (χ2n) is 6.09. The van der Waals surface area contributed by atoms with Gasteiger partial charge in [0.2, 0.25) is 0 Å². The normalized spacial score (nSPS) is 24.8. The molecule has 3 N–H and O–H groups in total. The number of thioether (sulfide) groups is 1. The molecule has 0 saturated carbocycles. The Bertz CT molecular complexity index is 947. The molecule has 8 heteroatoms. The van der Waals surface area contributed by atoms with E-state index in [0.717, 1.165) is 11.8 Å². The number of aliphatic hydroxyl groups is 1. The topological polar surface area (TPSA) is 96.0 Å². The smallest absolute Gasteiger partial charge is 0.265 e. The number of aliphatic imine (C=N–C) groups is 1. The summed E-state index contributed by atoms with van der Waals surface area (Å²) in [4.78, 5) is 30.3. The molecule has 0 aromatic heterocycles. The van der Waals surface area contributed by atoms with Crippen LogP contribution in [0.15, 0.2) is 53.5 Å². The van der Waals surface area contributed by atoms with Crippen LogP contribution in [0.25, 0.3) is 0 Å². The Hall–Kier alpha value is -2.71. The van der Waals surface area contributed by atoms with Gasteiger partial charge >= 0.3 is 0 Å². The van der Waals surface area contributed by atoms with Crippen LogP contribution in [-0.2, 0) is 21.7 Å². The fraction of sp³-hybridized carbons (Fsp3) is 0.167. The van der Waals surface area contributed by atoms with Crippen molar-refractivity contribution in [3.63, 3.8) is 0 Å². The molecule has 132 valence electrons. The van der Waals surface area contributed by atoms with Gasteiger partial charge in [0.25, 0.3) is 11.8 Å². The highest BCUT2D eigenvalue weighted by Gasteiger charge is 2.59. The van der Waals surface area contributed by atoms with Crippen molar-refractivity contribution in [1.82, 2.24) is 0 Å². The highest BCUT2D eigenvalue weighted by molar-refractivity contribution is 8.15. The van der Waals surface area contributed by atoms with Gasteiger partial charge < -0.3 is 15.7 Å². The number of hydrogen-bond acceptors (Lipinski definition) is 5. The molecular formula is C18H14FN3O3S. The predicted octanol–water partition coefficient (Wildman–Crippen LogP) is 1.52. The van der Waals surface area contributed by atoms with Crippen LogP contribution in [0.4, 0.5) is 10.1 Å². The summed E-state index contributed by atoms with van der Waals surface area (Å²) in [6, 6.07) is 12.5. The SMILES string of the molecule is NC1=NC(=O)[C@H]([C@@]2(O)C(=O)N(Cc3ccc(F)cc3)c3ccccc32)S1. The van der Waals surface area contributed by atoms with Crippen molar-refractivity contribution in [2.75, 3.05) is 4.90 Å². The third-order valence-electron chi connectivity index (χ3n) is 4.49. The van der Waals surface area contributed by atoms with Crippen LogP contribution in [0.3, 0.4) is 0 Å². The second-order valence-corrected chi connectivity index (χ2v) is 7.21. The van der Waals surface area contributed by atoms with Crippen molar-refractivity contribution < 1.29 is 19.1 Å². The fourth-order valence-corrected chi connectivity index (χ4v) is 4.21. The molecule has 2 aliphatic heterocycles. The summed E-state index contributed by atoms with van der Waals surface area (Å²) in [5.74, 6) is -1.64. The van der Waals surface area contributed by atoms with Gasteiger partial charge in [-0.2, -0.15) is 4.99 Å². The van der Waals surface area contributed by atoms with Gasteiger partial charge in [0.1, 0.15) is 11.1 Å². The number of amidine groups is 1. The van der Waals surface area contributed by atoms with Crippen molar-refractivity contribution in [2.45, 2.75) is 17.4 Å². The minimum Gasteiger partial charge on any atom is -0.378 e. The summed E-state index contributed by atoms with van der Waals surface area (Å²) in [6.45, 7) is 0.139. The number of amides is 2. The summed E-state index contributed by atoms with van der Waals surface area (Å²) < 4.78 is 13.1. The number of nitrogens with zero attached hydrogens (tertiary/aromatic N) is 2. The Kier molecular flexibility index (Phi) is 3.82. The van der Waals surface area contributed by atoms with Gasteiger partial charge in [-0.05, 0) is 23.8 Å². The Morgan fingerprint density at radius 2 is 1.88 bits per heavy atom. The summed E-state index contributed by atoms with van der Waals surface area (Å²) in [5, 5.41) is 10.2. The lowest BCUT2D eigenvalue weighted by Gasteiger charge is -2.26. The highest BCUT2D eigenvalue weighted by Crippen LogP contribution is 2.47. The van der Waals surface area contributed by atoms with E-state index in [9.17, 15) is 19.1 Å². The Morgan fingerprint density at radius 1 is 1.19 bits per heavy atom. The molecule has 0 aliphatic carbocycles. The molecule has 0 fully saturated rings. The maximum absolute atomic E-state index is 13.1. The molecule has 4 rings (SSSR count). The lowest BCUT2D eigenvalue weighted by molar-refractivity contribution is -0.140. The Morgan fingerprint density at radius 3 is 2.54 bits per heavy atom. The number of nitrogens with two attached hydrogens (primary N) is 1. The monoisotopic (exact) mass is 371 g/mol. The molecule has 0 saturated heterocycles. The quantitative estimate of drug-likeness (QED) is 0.853. The first-order valence-corrected chi connectivity index (χ1v) is 8.72. The maximum Gasteiger partial charge on any atom is 0.265 e. The summed E-state index contributed by atoms with van der Waals surface area (Å²) >= 11 is 0.879. The van der Waals surface area contributed by atoms with E-state index in [1.807, 2.05) is 0 Å². The molecule has 2 aliphatic rings. The maximum atomic E-state index is 13.1. The molecular weight excluding hydrogens is 357 g/mol. The first kappa shape index (κ1) is 16.7. The van der Waals surface area contributed by atoms with Crippen LogP contribution in [0.2, 0.25) is 0 Å². The first-order chi connectivity index (χ1) is 12.4. The Labute approximate surface area is 152 Å². The van der Waals surface area contributed by atoms with Gasteiger partial charge in [-0.1, -0.05) is 42.1 Å². The number of halogens is 1. The van der Waals surface area contributed by atoms with Gasteiger partial charge in [0.05, 0.1) is 12.2 Å². The predicted molar refractivity (Wildman–Crippen MR) is 95.9 cm³/mol. The molecule has 26 heavy (non-hydrogen) atoms. The fourth-order valence-electron chi connectivity index (χ4n) is 3.27. The lowest BCUT2D eigenvalue weighted by atomic mass is 9.91. The molecule has 0 spiro atoms. The van der Waals surface area contributed by atoms with Crippen LogP contribution in [-0.4, -0.2) is 27.3 Å². The molecule has 6 nitrogen and oxygen atoms in total. The molecule has 2 aromatic carbocycles. The summed E-state index contributed by atoms with van der Waals surface area (Å²) in [6.07, 6.45) is 0. The van der Waals surface area contributed by atoms with Crippen molar-refractivity contribution in [3.05, 3.63) is 65.5 Å². The van der Waals surface area contributed by atoms with E-state index in [1.54, 1.807) is 36.4 Å². The number of hydrogen-bond donors (Lipinski definition) is 2. The largest absolute Gasteiger partial charge is 0.378 e. The number of rotatable bonds is 3. The number of para-hydroxylation sites is 1. The van der Waals surface area contributed by atoms with E-state index in [0.29, 0.717) is 16.8 Å². The third-order valence-corrected chi connectivity index (χ3v) is 5.60. The van der Waals surface area contributed by atoms with Gasteiger partial charge in [0, 0.05) is 5.56 Å². The van der Waals surface area contributed by atoms with Gasteiger partial charge in [-0.3, -0.25) is 9.59 Å².